The molecule has 3 heterocycles. The van der Waals surface area contributed by atoms with Gasteiger partial charge in [-0.25, -0.2) is 0 Å². The number of ether oxygens (including phenoxy) is 1. The first-order chi connectivity index (χ1) is 16.2. The number of rotatable bonds is 5. The lowest BCUT2D eigenvalue weighted by Crippen LogP contribution is -2.33. The largest absolute Gasteiger partial charge is 0.573 e. The number of aryl methyl sites for hydroxylation is 1. The molecule has 0 aliphatic carbocycles. The first-order valence-electron chi connectivity index (χ1n) is 10.7. The van der Waals surface area contributed by atoms with Gasteiger partial charge in [0.15, 0.2) is 0 Å². The standard InChI is InChI=1S/C23H20F3N5O3/c24-23(25,26)34-18-5-1-14(2-6-18)3-8-21(32)30-10-16-12-31(13-17(16)11-30)22(33)15-4-7-19-20(9-15)28-29-27-19/h1-2,4-7,9,12,17H,3,8,10-11,13H2,(H,27,28,29)/t17-/m0/s1. The fraction of sp³-hybridized carbons (Fsp3) is 0.304. The van der Waals surface area contributed by atoms with Crippen LogP contribution < -0.4 is 4.74 Å². The van der Waals surface area contributed by atoms with Crippen molar-refractivity contribution in [3.8, 4) is 5.75 Å². The molecule has 176 valence electrons. The first-order valence-corrected chi connectivity index (χ1v) is 10.7. The average Bonchev–Trinajstić information content (AvgIpc) is 3.51. The van der Waals surface area contributed by atoms with Crippen molar-refractivity contribution in [3.05, 3.63) is 65.4 Å². The molecular formula is C23H20F3N5O3. The molecule has 2 aromatic carbocycles. The van der Waals surface area contributed by atoms with Crippen molar-refractivity contribution in [2.75, 3.05) is 19.6 Å². The van der Waals surface area contributed by atoms with Crippen LogP contribution in [0, 0.1) is 5.92 Å². The lowest BCUT2D eigenvalue weighted by atomic mass is 10.1. The zero-order chi connectivity index (χ0) is 23.9. The van der Waals surface area contributed by atoms with Gasteiger partial charge >= 0.3 is 6.36 Å². The third-order valence-electron chi connectivity index (χ3n) is 6.05. The van der Waals surface area contributed by atoms with Crippen LogP contribution in [0.25, 0.3) is 11.0 Å². The van der Waals surface area contributed by atoms with E-state index in [1.165, 1.54) is 24.3 Å². The lowest BCUT2D eigenvalue weighted by molar-refractivity contribution is -0.274. The van der Waals surface area contributed by atoms with E-state index in [1.807, 2.05) is 6.20 Å². The molecule has 34 heavy (non-hydrogen) atoms. The van der Waals surface area contributed by atoms with E-state index in [1.54, 1.807) is 28.0 Å². The van der Waals surface area contributed by atoms with E-state index in [4.69, 9.17) is 0 Å². The average molecular weight is 471 g/mol. The molecule has 1 saturated heterocycles. The Bertz CT molecular complexity index is 1270. The summed E-state index contributed by atoms with van der Waals surface area (Å²) in [5.41, 5.74) is 3.70. The third-order valence-corrected chi connectivity index (χ3v) is 6.05. The highest BCUT2D eigenvalue weighted by atomic mass is 19.4. The number of carbonyl (C=O) groups excluding carboxylic acids is 2. The number of hydrogen-bond acceptors (Lipinski definition) is 5. The number of benzene rings is 2. The van der Waals surface area contributed by atoms with Crippen molar-refractivity contribution >= 4 is 22.8 Å². The minimum absolute atomic E-state index is 0.0275. The van der Waals surface area contributed by atoms with E-state index in [-0.39, 0.29) is 29.9 Å². The predicted molar refractivity (Wildman–Crippen MR) is 115 cm³/mol. The number of amides is 2. The molecule has 2 amide bonds. The van der Waals surface area contributed by atoms with Gasteiger partial charge in [0, 0.05) is 43.7 Å². The fourth-order valence-corrected chi connectivity index (χ4v) is 4.35. The molecule has 0 saturated carbocycles. The van der Waals surface area contributed by atoms with Gasteiger partial charge in [-0.05, 0) is 47.9 Å². The second kappa shape index (κ2) is 8.47. The molecule has 1 N–H and O–H groups in total. The van der Waals surface area contributed by atoms with E-state index in [0.29, 0.717) is 37.1 Å². The Morgan fingerprint density at radius 3 is 2.65 bits per heavy atom. The molecule has 1 fully saturated rings. The number of nitrogens with zero attached hydrogens (tertiary/aromatic N) is 4. The van der Waals surface area contributed by atoms with Gasteiger partial charge in [-0.1, -0.05) is 17.3 Å². The number of fused-ring (bicyclic) bond motifs is 2. The van der Waals surface area contributed by atoms with Gasteiger partial charge in [-0.2, -0.15) is 0 Å². The van der Waals surface area contributed by atoms with Crippen LogP contribution in [0.3, 0.4) is 0 Å². The highest BCUT2D eigenvalue weighted by molar-refractivity contribution is 5.98. The Morgan fingerprint density at radius 1 is 1.12 bits per heavy atom. The summed E-state index contributed by atoms with van der Waals surface area (Å²) in [6.45, 7) is 1.51. The number of carbonyl (C=O) groups is 2. The molecule has 2 aliphatic rings. The van der Waals surface area contributed by atoms with Gasteiger partial charge in [-0.3, -0.25) is 14.7 Å². The number of likely N-dealkylation sites (tertiary alicyclic amines) is 1. The number of hydrogen-bond donors (Lipinski definition) is 1. The minimum Gasteiger partial charge on any atom is -0.406 e. The molecule has 2 aliphatic heterocycles. The Kier molecular flexibility index (Phi) is 5.46. The van der Waals surface area contributed by atoms with E-state index >= 15 is 0 Å². The Hall–Kier alpha value is -3.89. The number of aromatic amines is 1. The molecule has 8 nitrogen and oxygen atoms in total. The van der Waals surface area contributed by atoms with Crippen molar-refractivity contribution in [3.63, 3.8) is 0 Å². The van der Waals surface area contributed by atoms with Gasteiger partial charge in [0.25, 0.3) is 5.91 Å². The van der Waals surface area contributed by atoms with Gasteiger partial charge < -0.3 is 14.5 Å². The maximum Gasteiger partial charge on any atom is 0.573 e. The van der Waals surface area contributed by atoms with Crippen molar-refractivity contribution in [1.82, 2.24) is 25.2 Å². The van der Waals surface area contributed by atoms with Gasteiger partial charge in [0.2, 0.25) is 5.91 Å². The zero-order valence-corrected chi connectivity index (χ0v) is 17.9. The lowest BCUT2D eigenvalue weighted by Gasteiger charge is -2.20. The third kappa shape index (κ3) is 4.59. The molecule has 1 atom stereocenters. The number of H-pyrrole nitrogens is 1. The van der Waals surface area contributed by atoms with Crippen LogP contribution in [0.1, 0.15) is 22.3 Å². The summed E-state index contributed by atoms with van der Waals surface area (Å²) in [6.07, 6.45) is -2.24. The summed E-state index contributed by atoms with van der Waals surface area (Å²) in [5, 5.41) is 10.4. The zero-order valence-electron chi connectivity index (χ0n) is 17.9. The maximum absolute atomic E-state index is 12.9. The molecule has 11 heteroatoms. The monoisotopic (exact) mass is 471 g/mol. The maximum atomic E-state index is 12.9. The SMILES string of the molecule is O=C(c1ccc2[nH]nnc2c1)N1C=C2CN(C(=O)CCc3ccc(OC(F)(F)F)cc3)C[C@H]2C1. The molecule has 0 radical (unpaired) electrons. The van der Waals surface area contributed by atoms with Crippen LogP contribution in [0.15, 0.2) is 54.2 Å². The Labute approximate surface area is 192 Å². The predicted octanol–water partition coefficient (Wildman–Crippen LogP) is 3.29. The van der Waals surface area contributed by atoms with Crippen LogP contribution in [-0.4, -0.2) is 63.0 Å². The summed E-state index contributed by atoms with van der Waals surface area (Å²) >= 11 is 0. The van der Waals surface area contributed by atoms with Crippen molar-refractivity contribution in [1.29, 1.82) is 0 Å². The molecule has 0 unspecified atom stereocenters. The van der Waals surface area contributed by atoms with Crippen molar-refractivity contribution in [2.24, 2.45) is 5.92 Å². The smallest absolute Gasteiger partial charge is 0.406 e. The van der Waals surface area contributed by atoms with Gasteiger partial charge in [-0.15, -0.1) is 18.3 Å². The number of halogens is 3. The molecule has 0 bridgehead atoms. The summed E-state index contributed by atoms with van der Waals surface area (Å²) < 4.78 is 40.6. The molecule has 0 spiro atoms. The second-order valence-electron chi connectivity index (χ2n) is 8.37. The van der Waals surface area contributed by atoms with E-state index in [9.17, 15) is 22.8 Å². The van der Waals surface area contributed by atoms with Gasteiger partial charge in [0.05, 0.1) is 5.52 Å². The Morgan fingerprint density at radius 2 is 1.91 bits per heavy atom. The molecule has 5 rings (SSSR count). The highest BCUT2D eigenvalue weighted by Gasteiger charge is 2.37. The van der Waals surface area contributed by atoms with Crippen molar-refractivity contribution < 1.29 is 27.5 Å². The summed E-state index contributed by atoms with van der Waals surface area (Å²) in [7, 11) is 0. The number of aromatic nitrogens is 3. The first kappa shape index (κ1) is 21.9. The number of alkyl halides is 3. The fourth-order valence-electron chi connectivity index (χ4n) is 4.35. The topological polar surface area (TPSA) is 91.4 Å². The van der Waals surface area contributed by atoms with Crippen molar-refractivity contribution in [2.45, 2.75) is 19.2 Å². The minimum atomic E-state index is -4.73. The highest BCUT2D eigenvalue weighted by Crippen LogP contribution is 2.31. The van der Waals surface area contributed by atoms with Crippen LogP contribution in [0.2, 0.25) is 0 Å². The second-order valence-corrected chi connectivity index (χ2v) is 8.37. The van der Waals surface area contributed by atoms with Crippen LogP contribution in [-0.2, 0) is 11.2 Å². The van der Waals surface area contributed by atoms with E-state index < -0.39 is 6.36 Å². The Balaban J connectivity index is 1.15. The van der Waals surface area contributed by atoms with Gasteiger partial charge in [0.1, 0.15) is 11.3 Å². The summed E-state index contributed by atoms with van der Waals surface area (Å²) in [6, 6.07) is 10.7. The van der Waals surface area contributed by atoms with Crippen LogP contribution in [0.4, 0.5) is 13.2 Å². The summed E-state index contributed by atoms with van der Waals surface area (Å²) in [5.74, 6) is -0.340. The van der Waals surface area contributed by atoms with E-state index in [0.717, 1.165) is 16.7 Å². The van der Waals surface area contributed by atoms with Crippen LogP contribution >= 0.6 is 0 Å². The normalized spacial score (nSPS) is 17.7. The van der Waals surface area contributed by atoms with E-state index in [2.05, 4.69) is 20.1 Å². The molecule has 1 aromatic heterocycles. The molecular weight excluding hydrogens is 451 g/mol. The molecule has 3 aromatic rings. The summed E-state index contributed by atoms with van der Waals surface area (Å²) in [4.78, 5) is 29.0. The number of nitrogens with one attached hydrogen (secondary N) is 1. The van der Waals surface area contributed by atoms with Crippen LogP contribution in [0.5, 0.6) is 5.75 Å². The quantitative estimate of drug-likeness (QED) is 0.617.